The Bertz CT molecular complexity index is 444. The molecule has 17 heavy (non-hydrogen) atoms. The molecule has 1 rings (SSSR count). The summed E-state index contributed by atoms with van der Waals surface area (Å²) in [5.74, 6) is 6.04. The first-order chi connectivity index (χ1) is 8.11. The molecule has 0 aromatic carbocycles. The molecule has 0 aliphatic carbocycles. The molecule has 0 aliphatic heterocycles. The van der Waals surface area contributed by atoms with Gasteiger partial charge in [-0.15, -0.1) is 0 Å². The van der Waals surface area contributed by atoms with Crippen molar-refractivity contribution in [3.8, 4) is 11.8 Å². The molecule has 0 aliphatic rings. The Kier molecular flexibility index (Phi) is 5.18. The van der Waals surface area contributed by atoms with Crippen LogP contribution in [0.3, 0.4) is 0 Å². The average molecular weight is 232 g/mol. The van der Waals surface area contributed by atoms with E-state index in [1.807, 2.05) is 13.8 Å². The van der Waals surface area contributed by atoms with E-state index in [2.05, 4.69) is 22.1 Å². The van der Waals surface area contributed by atoms with Gasteiger partial charge < -0.3 is 10.4 Å². The molecule has 90 valence electrons. The molecule has 2 N–H and O–H groups in total. The third-order valence-corrected chi connectivity index (χ3v) is 1.93. The van der Waals surface area contributed by atoms with Crippen molar-refractivity contribution in [2.45, 2.75) is 20.3 Å². The first-order valence-electron chi connectivity index (χ1n) is 5.47. The van der Waals surface area contributed by atoms with Crippen molar-refractivity contribution in [3.63, 3.8) is 0 Å². The van der Waals surface area contributed by atoms with Crippen LogP contribution < -0.4 is 5.32 Å². The summed E-state index contributed by atoms with van der Waals surface area (Å²) in [6.45, 7) is 3.78. The lowest BCUT2D eigenvalue weighted by molar-refractivity contribution is -0.116. The third kappa shape index (κ3) is 5.14. The standard InChI is InChI=1S/C13H16N2O2/c1-10(2)8-13(17)15-12-9-11(4-3-7-16)5-6-14-12/h5-6,9-10,16H,7-8H2,1-2H3,(H,14,15,17). The summed E-state index contributed by atoms with van der Waals surface area (Å²) >= 11 is 0. The molecular weight excluding hydrogens is 216 g/mol. The van der Waals surface area contributed by atoms with Gasteiger partial charge in [0.2, 0.25) is 5.91 Å². The lowest BCUT2D eigenvalue weighted by Gasteiger charge is -2.06. The summed E-state index contributed by atoms with van der Waals surface area (Å²) in [5.41, 5.74) is 0.717. The van der Waals surface area contributed by atoms with Crippen LogP contribution in [-0.2, 0) is 4.79 Å². The second kappa shape index (κ2) is 6.66. The van der Waals surface area contributed by atoms with Crippen LogP contribution in [0.4, 0.5) is 5.82 Å². The molecule has 0 atom stereocenters. The van der Waals surface area contributed by atoms with Gasteiger partial charge >= 0.3 is 0 Å². The predicted molar refractivity (Wildman–Crippen MR) is 66.3 cm³/mol. The number of nitrogens with zero attached hydrogens (tertiary/aromatic N) is 1. The van der Waals surface area contributed by atoms with Crippen molar-refractivity contribution in [1.29, 1.82) is 0 Å². The average Bonchev–Trinajstić information content (AvgIpc) is 2.25. The van der Waals surface area contributed by atoms with Gasteiger partial charge in [0.1, 0.15) is 12.4 Å². The van der Waals surface area contributed by atoms with Crippen LogP contribution in [0.5, 0.6) is 0 Å². The number of carbonyl (C=O) groups excluding carboxylic acids is 1. The number of aromatic nitrogens is 1. The fourth-order valence-corrected chi connectivity index (χ4v) is 1.28. The Morgan fingerprint density at radius 1 is 1.59 bits per heavy atom. The van der Waals surface area contributed by atoms with Gasteiger partial charge in [0.05, 0.1) is 0 Å². The second-order valence-electron chi connectivity index (χ2n) is 4.04. The maximum atomic E-state index is 11.5. The summed E-state index contributed by atoms with van der Waals surface area (Å²) in [4.78, 5) is 15.6. The third-order valence-electron chi connectivity index (χ3n) is 1.93. The number of pyridine rings is 1. The van der Waals surface area contributed by atoms with Crippen molar-refractivity contribution in [2.75, 3.05) is 11.9 Å². The van der Waals surface area contributed by atoms with E-state index in [9.17, 15) is 4.79 Å². The topological polar surface area (TPSA) is 62.2 Å². The second-order valence-corrected chi connectivity index (χ2v) is 4.04. The van der Waals surface area contributed by atoms with Crippen LogP contribution in [-0.4, -0.2) is 22.6 Å². The monoisotopic (exact) mass is 232 g/mol. The molecule has 1 aromatic rings. The molecule has 0 radical (unpaired) electrons. The van der Waals surface area contributed by atoms with Gasteiger partial charge in [-0.1, -0.05) is 25.7 Å². The Labute approximate surface area is 101 Å². The lowest BCUT2D eigenvalue weighted by atomic mass is 10.1. The van der Waals surface area contributed by atoms with Crippen LogP contribution in [0, 0.1) is 17.8 Å². The number of anilines is 1. The van der Waals surface area contributed by atoms with Crippen molar-refractivity contribution >= 4 is 11.7 Å². The van der Waals surface area contributed by atoms with E-state index in [4.69, 9.17) is 5.11 Å². The Balaban J connectivity index is 2.68. The summed E-state index contributed by atoms with van der Waals surface area (Å²) in [6, 6.07) is 3.40. The first-order valence-corrected chi connectivity index (χ1v) is 5.47. The van der Waals surface area contributed by atoms with Crippen molar-refractivity contribution < 1.29 is 9.90 Å². The fourth-order valence-electron chi connectivity index (χ4n) is 1.28. The lowest BCUT2D eigenvalue weighted by Crippen LogP contribution is -2.14. The maximum absolute atomic E-state index is 11.5. The largest absolute Gasteiger partial charge is 0.384 e. The minimum absolute atomic E-state index is 0.0558. The molecule has 0 unspecified atom stereocenters. The number of amides is 1. The van der Waals surface area contributed by atoms with E-state index < -0.39 is 0 Å². The van der Waals surface area contributed by atoms with Gasteiger partial charge in [-0.2, -0.15) is 0 Å². The molecule has 0 bridgehead atoms. The number of hydrogen-bond donors (Lipinski definition) is 2. The van der Waals surface area contributed by atoms with Gasteiger partial charge in [0.25, 0.3) is 0 Å². The highest BCUT2D eigenvalue weighted by Gasteiger charge is 2.05. The number of rotatable bonds is 3. The molecular formula is C13H16N2O2. The highest BCUT2D eigenvalue weighted by Crippen LogP contribution is 2.08. The van der Waals surface area contributed by atoms with Gasteiger partial charge in [-0.05, 0) is 18.1 Å². The van der Waals surface area contributed by atoms with Crippen molar-refractivity contribution in [1.82, 2.24) is 4.98 Å². The minimum atomic E-state index is -0.183. The Hall–Kier alpha value is -1.86. The zero-order valence-corrected chi connectivity index (χ0v) is 10.0. The van der Waals surface area contributed by atoms with Crippen molar-refractivity contribution in [2.24, 2.45) is 5.92 Å². The van der Waals surface area contributed by atoms with Gasteiger partial charge in [-0.3, -0.25) is 4.79 Å². The zero-order valence-electron chi connectivity index (χ0n) is 10.0. The quantitative estimate of drug-likeness (QED) is 0.774. The van der Waals surface area contributed by atoms with E-state index in [0.29, 0.717) is 23.7 Å². The zero-order chi connectivity index (χ0) is 12.7. The Morgan fingerprint density at radius 3 is 3.00 bits per heavy atom. The molecule has 1 amide bonds. The predicted octanol–water partition coefficient (Wildman–Crippen LogP) is 1.41. The van der Waals surface area contributed by atoms with Gasteiger partial charge in [0.15, 0.2) is 0 Å². The number of aliphatic hydroxyl groups excluding tert-OH is 1. The molecule has 0 saturated heterocycles. The van der Waals surface area contributed by atoms with Crippen LogP contribution in [0.2, 0.25) is 0 Å². The van der Waals surface area contributed by atoms with E-state index in [0.717, 1.165) is 0 Å². The van der Waals surface area contributed by atoms with E-state index in [1.165, 1.54) is 0 Å². The smallest absolute Gasteiger partial charge is 0.225 e. The summed E-state index contributed by atoms with van der Waals surface area (Å²) < 4.78 is 0. The normalized spacial score (nSPS) is 9.65. The maximum Gasteiger partial charge on any atom is 0.225 e. The number of aliphatic hydroxyl groups is 1. The van der Waals surface area contributed by atoms with E-state index in [1.54, 1.807) is 18.3 Å². The first kappa shape index (κ1) is 13.2. The summed E-state index contributed by atoms with van der Waals surface area (Å²) in [5, 5.41) is 11.3. The van der Waals surface area contributed by atoms with Gasteiger partial charge in [-0.25, -0.2) is 4.98 Å². The fraction of sp³-hybridized carbons (Fsp3) is 0.385. The number of carbonyl (C=O) groups is 1. The molecule has 4 nitrogen and oxygen atoms in total. The van der Waals surface area contributed by atoms with Crippen molar-refractivity contribution in [3.05, 3.63) is 23.9 Å². The molecule has 4 heteroatoms. The van der Waals surface area contributed by atoms with E-state index >= 15 is 0 Å². The molecule has 1 aromatic heterocycles. The number of nitrogens with one attached hydrogen (secondary N) is 1. The molecule has 0 saturated carbocycles. The van der Waals surface area contributed by atoms with Crippen LogP contribution >= 0.6 is 0 Å². The molecule has 1 heterocycles. The SMILES string of the molecule is CC(C)CC(=O)Nc1cc(C#CCO)ccn1. The minimum Gasteiger partial charge on any atom is -0.384 e. The summed E-state index contributed by atoms with van der Waals surface area (Å²) in [6.07, 6.45) is 2.04. The number of hydrogen-bond acceptors (Lipinski definition) is 3. The van der Waals surface area contributed by atoms with E-state index in [-0.39, 0.29) is 12.5 Å². The van der Waals surface area contributed by atoms with Crippen LogP contribution in [0.15, 0.2) is 18.3 Å². The highest BCUT2D eigenvalue weighted by molar-refractivity contribution is 5.89. The van der Waals surface area contributed by atoms with Crippen LogP contribution in [0.1, 0.15) is 25.8 Å². The summed E-state index contributed by atoms with van der Waals surface area (Å²) in [7, 11) is 0. The molecule has 0 fully saturated rings. The van der Waals surface area contributed by atoms with Gasteiger partial charge in [0, 0.05) is 18.2 Å². The molecule has 0 spiro atoms. The van der Waals surface area contributed by atoms with Crippen LogP contribution in [0.25, 0.3) is 0 Å². The highest BCUT2D eigenvalue weighted by atomic mass is 16.2. The Morgan fingerprint density at radius 2 is 2.35 bits per heavy atom.